The standard InChI is InChI=1S/C20H28N2O3/c1-25-18-7-2-4-15(14-18)8-9-19(23)22-12-10-17(11-13-22)21-20(24)16-5-3-6-16/h2,4,7,14,16-17H,3,5-6,8-13H2,1H3,(H,21,24). The SMILES string of the molecule is COc1cccc(CCC(=O)N2CCC(NC(=O)C3CCC3)CC2)c1. The first-order chi connectivity index (χ1) is 12.2. The van der Waals surface area contributed by atoms with Gasteiger partial charge in [0, 0.05) is 31.5 Å². The van der Waals surface area contributed by atoms with Crippen molar-refractivity contribution in [3.05, 3.63) is 29.8 Å². The fraction of sp³-hybridized carbons (Fsp3) is 0.600. The lowest BCUT2D eigenvalue weighted by Gasteiger charge is -2.34. The third-order valence-electron chi connectivity index (χ3n) is 5.43. The van der Waals surface area contributed by atoms with E-state index in [1.54, 1.807) is 7.11 Å². The maximum Gasteiger partial charge on any atom is 0.223 e. The first kappa shape index (κ1) is 17.8. The molecular formula is C20H28N2O3. The van der Waals surface area contributed by atoms with Crippen molar-refractivity contribution in [2.45, 2.75) is 51.0 Å². The van der Waals surface area contributed by atoms with Crippen LogP contribution in [0.5, 0.6) is 5.75 Å². The summed E-state index contributed by atoms with van der Waals surface area (Å²) >= 11 is 0. The third-order valence-corrected chi connectivity index (χ3v) is 5.43. The molecule has 1 N–H and O–H groups in total. The molecular weight excluding hydrogens is 316 g/mol. The molecule has 1 aromatic carbocycles. The summed E-state index contributed by atoms with van der Waals surface area (Å²) in [6.07, 6.45) is 6.23. The predicted molar refractivity (Wildman–Crippen MR) is 96.4 cm³/mol. The Morgan fingerprint density at radius 1 is 1.20 bits per heavy atom. The van der Waals surface area contributed by atoms with E-state index < -0.39 is 0 Å². The molecule has 1 aliphatic carbocycles. The van der Waals surface area contributed by atoms with Crippen LogP contribution in [-0.4, -0.2) is 43.0 Å². The van der Waals surface area contributed by atoms with Crippen molar-refractivity contribution in [2.24, 2.45) is 5.92 Å². The van der Waals surface area contributed by atoms with E-state index in [-0.39, 0.29) is 23.8 Å². The second-order valence-electron chi connectivity index (χ2n) is 7.14. The molecule has 2 aliphatic rings. The molecule has 3 rings (SSSR count). The van der Waals surface area contributed by atoms with Gasteiger partial charge in [-0.25, -0.2) is 0 Å². The largest absolute Gasteiger partial charge is 0.497 e. The quantitative estimate of drug-likeness (QED) is 0.863. The molecule has 5 heteroatoms. The van der Waals surface area contributed by atoms with Gasteiger partial charge in [-0.05, 0) is 49.8 Å². The van der Waals surface area contributed by atoms with Crippen LogP contribution in [0.4, 0.5) is 0 Å². The van der Waals surface area contributed by atoms with Crippen molar-refractivity contribution in [3.8, 4) is 5.75 Å². The summed E-state index contributed by atoms with van der Waals surface area (Å²) in [6.45, 7) is 1.49. The second kappa shape index (κ2) is 8.37. The number of hydrogen-bond acceptors (Lipinski definition) is 3. The van der Waals surface area contributed by atoms with Gasteiger partial charge in [0.2, 0.25) is 11.8 Å². The molecule has 1 heterocycles. The lowest BCUT2D eigenvalue weighted by molar-refractivity contribution is -0.132. The van der Waals surface area contributed by atoms with Gasteiger partial charge in [0.1, 0.15) is 5.75 Å². The Balaban J connectivity index is 1.39. The second-order valence-corrected chi connectivity index (χ2v) is 7.14. The summed E-state index contributed by atoms with van der Waals surface area (Å²) < 4.78 is 5.22. The first-order valence-electron chi connectivity index (χ1n) is 9.37. The molecule has 1 saturated heterocycles. The lowest BCUT2D eigenvalue weighted by Crippen LogP contribution is -2.48. The Kier molecular flexibility index (Phi) is 5.95. The highest BCUT2D eigenvalue weighted by atomic mass is 16.5. The Labute approximate surface area is 149 Å². The number of hydrogen-bond donors (Lipinski definition) is 1. The highest BCUT2D eigenvalue weighted by Crippen LogP contribution is 2.26. The van der Waals surface area contributed by atoms with Crippen molar-refractivity contribution in [2.75, 3.05) is 20.2 Å². The van der Waals surface area contributed by atoms with E-state index in [1.807, 2.05) is 29.2 Å². The van der Waals surface area contributed by atoms with Crippen LogP contribution in [0.25, 0.3) is 0 Å². The fourth-order valence-corrected chi connectivity index (χ4v) is 3.50. The van der Waals surface area contributed by atoms with E-state index in [2.05, 4.69) is 5.32 Å². The van der Waals surface area contributed by atoms with E-state index in [9.17, 15) is 9.59 Å². The number of nitrogens with one attached hydrogen (secondary N) is 1. The van der Waals surface area contributed by atoms with Gasteiger partial charge >= 0.3 is 0 Å². The lowest BCUT2D eigenvalue weighted by atomic mass is 9.84. The third kappa shape index (κ3) is 4.74. The Hall–Kier alpha value is -2.04. The number of piperidine rings is 1. The summed E-state index contributed by atoms with van der Waals surface area (Å²) in [5.41, 5.74) is 1.12. The van der Waals surface area contributed by atoms with Crippen LogP contribution in [0.2, 0.25) is 0 Å². The number of carbonyl (C=O) groups is 2. The van der Waals surface area contributed by atoms with Crippen LogP contribution in [0.1, 0.15) is 44.1 Å². The minimum absolute atomic E-state index is 0.201. The Bertz CT molecular complexity index is 605. The summed E-state index contributed by atoms with van der Waals surface area (Å²) in [4.78, 5) is 26.4. The van der Waals surface area contributed by atoms with Gasteiger partial charge in [-0.1, -0.05) is 18.6 Å². The van der Waals surface area contributed by atoms with Crippen molar-refractivity contribution in [1.29, 1.82) is 0 Å². The molecule has 0 aromatic heterocycles. The number of aryl methyl sites for hydroxylation is 1. The van der Waals surface area contributed by atoms with Crippen LogP contribution in [-0.2, 0) is 16.0 Å². The van der Waals surface area contributed by atoms with E-state index in [0.717, 1.165) is 56.5 Å². The summed E-state index contributed by atoms with van der Waals surface area (Å²) in [7, 11) is 1.65. The van der Waals surface area contributed by atoms with E-state index in [0.29, 0.717) is 6.42 Å². The van der Waals surface area contributed by atoms with Crippen molar-refractivity contribution in [1.82, 2.24) is 10.2 Å². The maximum atomic E-state index is 12.4. The smallest absolute Gasteiger partial charge is 0.223 e. The average Bonchev–Trinajstić information content (AvgIpc) is 2.59. The number of ether oxygens (including phenoxy) is 1. The van der Waals surface area contributed by atoms with E-state index in [1.165, 1.54) is 6.42 Å². The number of methoxy groups -OCH3 is 1. The molecule has 1 saturated carbocycles. The zero-order valence-electron chi connectivity index (χ0n) is 15.0. The molecule has 2 fully saturated rings. The maximum absolute atomic E-state index is 12.4. The van der Waals surface area contributed by atoms with Crippen LogP contribution in [0.15, 0.2) is 24.3 Å². The summed E-state index contributed by atoms with van der Waals surface area (Å²) in [5.74, 6) is 1.48. The molecule has 0 spiro atoms. The molecule has 0 radical (unpaired) electrons. The van der Waals surface area contributed by atoms with Gasteiger partial charge in [-0.2, -0.15) is 0 Å². The number of benzene rings is 1. The van der Waals surface area contributed by atoms with E-state index >= 15 is 0 Å². The molecule has 136 valence electrons. The highest BCUT2D eigenvalue weighted by molar-refractivity contribution is 5.80. The average molecular weight is 344 g/mol. The fourth-order valence-electron chi connectivity index (χ4n) is 3.50. The number of nitrogens with zero attached hydrogens (tertiary/aromatic N) is 1. The molecule has 0 bridgehead atoms. The van der Waals surface area contributed by atoms with Crippen LogP contribution < -0.4 is 10.1 Å². The molecule has 25 heavy (non-hydrogen) atoms. The molecule has 1 aliphatic heterocycles. The van der Waals surface area contributed by atoms with Gasteiger partial charge in [0.25, 0.3) is 0 Å². The van der Waals surface area contributed by atoms with Crippen LogP contribution in [0, 0.1) is 5.92 Å². The van der Waals surface area contributed by atoms with Gasteiger partial charge in [0.15, 0.2) is 0 Å². The first-order valence-corrected chi connectivity index (χ1v) is 9.37. The van der Waals surface area contributed by atoms with Crippen LogP contribution >= 0.6 is 0 Å². The van der Waals surface area contributed by atoms with Gasteiger partial charge in [-0.3, -0.25) is 9.59 Å². The van der Waals surface area contributed by atoms with Crippen LogP contribution in [0.3, 0.4) is 0 Å². The number of rotatable bonds is 6. The summed E-state index contributed by atoms with van der Waals surface area (Å²) in [5, 5.41) is 3.16. The predicted octanol–water partition coefficient (Wildman–Crippen LogP) is 2.54. The number of likely N-dealkylation sites (tertiary alicyclic amines) is 1. The van der Waals surface area contributed by atoms with Crippen molar-refractivity contribution < 1.29 is 14.3 Å². The van der Waals surface area contributed by atoms with Crippen molar-refractivity contribution >= 4 is 11.8 Å². The Morgan fingerprint density at radius 2 is 1.96 bits per heavy atom. The normalized spacial score (nSPS) is 18.5. The number of carbonyl (C=O) groups excluding carboxylic acids is 2. The molecule has 0 unspecified atom stereocenters. The van der Waals surface area contributed by atoms with Gasteiger partial charge < -0.3 is 15.0 Å². The zero-order chi connectivity index (χ0) is 17.6. The Morgan fingerprint density at radius 3 is 2.60 bits per heavy atom. The highest BCUT2D eigenvalue weighted by Gasteiger charge is 2.29. The van der Waals surface area contributed by atoms with E-state index in [4.69, 9.17) is 4.74 Å². The monoisotopic (exact) mass is 344 g/mol. The van der Waals surface area contributed by atoms with Crippen molar-refractivity contribution in [3.63, 3.8) is 0 Å². The van der Waals surface area contributed by atoms with Gasteiger partial charge in [0.05, 0.1) is 7.11 Å². The minimum atomic E-state index is 0.201. The molecule has 5 nitrogen and oxygen atoms in total. The minimum Gasteiger partial charge on any atom is -0.497 e. The molecule has 2 amide bonds. The summed E-state index contributed by atoms with van der Waals surface area (Å²) in [6, 6.07) is 8.10. The number of amides is 2. The van der Waals surface area contributed by atoms with Gasteiger partial charge in [-0.15, -0.1) is 0 Å². The molecule has 0 atom stereocenters. The topological polar surface area (TPSA) is 58.6 Å². The zero-order valence-corrected chi connectivity index (χ0v) is 15.0. The molecule has 1 aromatic rings.